The van der Waals surface area contributed by atoms with Crippen LogP contribution >= 0.6 is 0 Å². The van der Waals surface area contributed by atoms with Gasteiger partial charge in [-0.2, -0.15) is 0 Å². The third-order valence-corrected chi connectivity index (χ3v) is 3.70. The minimum atomic E-state index is -0.179. The summed E-state index contributed by atoms with van der Waals surface area (Å²) in [5.41, 5.74) is 1.97. The van der Waals surface area contributed by atoms with Gasteiger partial charge in [-0.25, -0.2) is 0 Å². The summed E-state index contributed by atoms with van der Waals surface area (Å²) < 4.78 is 11.5. The Morgan fingerprint density at radius 2 is 2.11 bits per heavy atom. The number of benzene rings is 1. The fraction of sp³-hybridized carbons (Fsp3) is 0.500. The third kappa shape index (κ3) is 2.99. The molecule has 1 N–H and O–H groups in total. The zero-order valence-electron chi connectivity index (χ0n) is 12.4. The summed E-state index contributed by atoms with van der Waals surface area (Å²) >= 11 is 0. The van der Waals surface area contributed by atoms with Crippen LogP contribution in [0.1, 0.15) is 37.6 Å². The lowest BCUT2D eigenvalue weighted by Gasteiger charge is -2.27. The molecule has 104 valence electrons. The summed E-state index contributed by atoms with van der Waals surface area (Å²) in [7, 11) is 3.70. The molecule has 0 aliphatic heterocycles. The molecule has 0 aliphatic rings. The summed E-state index contributed by atoms with van der Waals surface area (Å²) in [5, 5.41) is 4.47. The Morgan fingerprint density at radius 1 is 1.37 bits per heavy atom. The van der Waals surface area contributed by atoms with Crippen LogP contribution in [0.4, 0.5) is 0 Å². The highest BCUT2D eigenvalue weighted by Gasteiger charge is 2.25. The van der Waals surface area contributed by atoms with E-state index < -0.39 is 0 Å². The lowest BCUT2D eigenvalue weighted by molar-refractivity contribution is 0.00581. The Morgan fingerprint density at radius 3 is 2.68 bits per heavy atom. The van der Waals surface area contributed by atoms with Gasteiger partial charge in [0.25, 0.3) is 0 Å². The van der Waals surface area contributed by atoms with E-state index in [1.54, 1.807) is 7.11 Å². The smallest absolute Gasteiger partial charge is 0.137 e. The Hall–Kier alpha value is -1.32. The van der Waals surface area contributed by atoms with Gasteiger partial charge in [-0.3, -0.25) is 0 Å². The maximum absolute atomic E-state index is 6.02. The first-order valence-electron chi connectivity index (χ1n) is 6.68. The summed E-state index contributed by atoms with van der Waals surface area (Å²) in [5.74, 6) is 0.969. The van der Waals surface area contributed by atoms with Gasteiger partial charge in [-0.1, -0.05) is 18.2 Å². The second-order valence-corrected chi connectivity index (χ2v) is 5.65. The molecular weight excluding hydrogens is 238 g/mol. The number of para-hydroxylation sites is 1. The van der Waals surface area contributed by atoms with Crippen molar-refractivity contribution in [3.05, 3.63) is 35.6 Å². The van der Waals surface area contributed by atoms with Crippen LogP contribution < -0.4 is 5.32 Å². The Kier molecular flexibility index (Phi) is 3.97. The quantitative estimate of drug-likeness (QED) is 0.888. The number of ether oxygens (including phenoxy) is 1. The highest BCUT2D eigenvalue weighted by molar-refractivity contribution is 5.81. The summed E-state index contributed by atoms with van der Waals surface area (Å²) in [6.45, 7) is 6.25. The van der Waals surface area contributed by atoms with E-state index in [0.717, 1.165) is 23.2 Å². The minimum absolute atomic E-state index is 0.154. The minimum Gasteiger partial charge on any atom is -0.459 e. The second kappa shape index (κ2) is 5.35. The van der Waals surface area contributed by atoms with Gasteiger partial charge in [0.15, 0.2) is 0 Å². The number of aryl methyl sites for hydroxylation is 1. The molecule has 1 aromatic carbocycles. The van der Waals surface area contributed by atoms with Crippen LogP contribution in [0.5, 0.6) is 0 Å². The van der Waals surface area contributed by atoms with Gasteiger partial charge in [0.2, 0.25) is 0 Å². The van der Waals surface area contributed by atoms with Crippen molar-refractivity contribution in [2.45, 2.75) is 38.8 Å². The van der Waals surface area contributed by atoms with Gasteiger partial charge in [-0.15, -0.1) is 0 Å². The summed E-state index contributed by atoms with van der Waals surface area (Å²) in [6, 6.07) is 8.49. The van der Waals surface area contributed by atoms with Gasteiger partial charge in [0, 0.05) is 12.5 Å². The van der Waals surface area contributed by atoms with E-state index in [9.17, 15) is 0 Å². The van der Waals surface area contributed by atoms with Crippen molar-refractivity contribution in [1.82, 2.24) is 5.32 Å². The molecule has 2 rings (SSSR count). The van der Waals surface area contributed by atoms with Gasteiger partial charge in [-0.05, 0) is 45.9 Å². The zero-order valence-corrected chi connectivity index (χ0v) is 12.4. The molecule has 0 bridgehead atoms. The Labute approximate surface area is 114 Å². The van der Waals surface area contributed by atoms with Crippen molar-refractivity contribution in [3.63, 3.8) is 0 Å². The van der Waals surface area contributed by atoms with E-state index in [4.69, 9.17) is 9.15 Å². The van der Waals surface area contributed by atoms with Crippen LogP contribution in [0.15, 0.2) is 28.7 Å². The molecule has 0 aliphatic carbocycles. The first-order valence-corrected chi connectivity index (χ1v) is 6.68. The Balaban J connectivity index is 2.33. The molecule has 3 nitrogen and oxygen atoms in total. The van der Waals surface area contributed by atoms with Crippen molar-refractivity contribution < 1.29 is 9.15 Å². The van der Waals surface area contributed by atoms with E-state index in [2.05, 4.69) is 50.4 Å². The van der Waals surface area contributed by atoms with Crippen LogP contribution in [0.2, 0.25) is 0 Å². The normalized spacial score (nSPS) is 13.9. The van der Waals surface area contributed by atoms with Gasteiger partial charge in [0.1, 0.15) is 11.3 Å². The molecule has 0 fully saturated rings. The molecule has 1 aromatic heterocycles. The van der Waals surface area contributed by atoms with E-state index in [-0.39, 0.29) is 11.6 Å². The van der Waals surface area contributed by atoms with Crippen LogP contribution in [0, 0.1) is 6.92 Å². The topological polar surface area (TPSA) is 34.4 Å². The first kappa shape index (κ1) is 14.1. The van der Waals surface area contributed by atoms with Crippen molar-refractivity contribution in [3.8, 4) is 0 Å². The highest BCUT2D eigenvalue weighted by Crippen LogP contribution is 2.31. The number of nitrogens with one attached hydrogen (secondary N) is 1. The number of hydrogen-bond donors (Lipinski definition) is 1. The van der Waals surface area contributed by atoms with Crippen molar-refractivity contribution in [2.75, 3.05) is 14.2 Å². The molecule has 0 radical (unpaired) electrons. The molecule has 0 amide bonds. The number of methoxy groups -OCH3 is 1. The maximum atomic E-state index is 6.02. The molecule has 2 aromatic rings. The number of hydrogen-bond acceptors (Lipinski definition) is 3. The van der Waals surface area contributed by atoms with Gasteiger partial charge >= 0.3 is 0 Å². The molecule has 19 heavy (non-hydrogen) atoms. The number of fused-ring (bicyclic) bond motifs is 1. The highest BCUT2D eigenvalue weighted by atomic mass is 16.5. The molecule has 0 saturated carbocycles. The van der Waals surface area contributed by atoms with Crippen LogP contribution in [-0.2, 0) is 4.74 Å². The predicted molar refractivity (Wildman–Crippen MR) is 78.5 cm³/mol. The van der Waals surface area contributed by atoms with Crippen LogP contribution in [0.3, 0.4) is 0 Å². The molecule has 0 spiro atoms. The summed E-state index contributed by atoms with van der Waals surface area (Å²) in [6.07, 6.45) is 0.860. The van der Waals surface area contributed by atoms with E-state index in [1.165, 1.54) is 5.56 Å². The van der Waals surface area contributed by atoms with E-state index >= 15 is 0 Å². The largest absolute Gasteiger partial charge is 0.459 e. The standard InChI is InChI=1S/C16H23NO2/c1-11-7-6-8-12-9-14(19-15(11)12)13(17-4)10-16(2,3)18-5/h6-9,13,17H,10H2,1-5H3. The Bertz CT molecular complexity index is 557. The van der Waals surface area contributed by atoms with Crippen LogP contribution in [0.25, 0.3) is 11.0 Å². The molecule has 1 atom stereocenters. The zero-order chi connectivity index (χ0) is 14.0. The van der Waals surface area contributed by atoms with Crippen molar-refractivity contribution in [2.24, 2.45) is 0 Å². The summed E-state index contributed by atoms with van der Waals surface area (Å²) in [4.78, 5) is 0. The third-order valence-electron chi connectivity index (χ3n) is 3.70. The second-order valence-electron chi connectivity index (χ2n) is 5.65. The lowest BCUT2D eigenvalue weighted by Crippen LogP contribution is -2.30. The predicted octanol–water partition coefficient (Wildman–Crippen LogP) is 3.82. The average molecular weight is 261 g/mol. The molecule has 0 saturated heterocycles. The number of rotatable bonds is 5. The van der Waals surface area contributed by atoms with Crippen molar-refractivity contribution in [1.29, 1.82) is 0 Å². The fourth-order valence-corrected chi connectivity index (χ4v) is 2.32. The van der Waals surface area contributed by atoms with Crippen LogP contribution in [-0.4, -0.2) is 19.8 Å². The monoisotopic (exact) mass is 261 g/mol. The number of furan rings is 1. The molecule has 1 unspecified atom stereocenters. The maximum Gasteiger partial charge on any atom is 0.137 e. The first-order chi connectivity index (χ1) is 8.96. The SMILES string of the molecule is CNC(CC(C)(C)OC)c1cc2cccc(C)c2o1. The van der Waals surface area contributed by atoms with Gasteiger partial charge in [0.05, 0.1) is 11.6 Å². The average Bonchev–Trinajstić information content (AvgIpc) is 2.81. The van der Waals surface area contributed by atoms with E-state index in [0.29, 0.717) is 0 Å². The van der Waals surface area contributed by atoms with Crippen molar-refractivity contribution >= 4 is 11.0 Å². The fourth-order valence-electron chi connectivity index (χ4n) is 2.32. The molecule has 1 heterocycles. The molecule has 3 heteroatoms. The van der Waals surface area contributed by atoms with Gasteiger partial charge < -0.3 is 14.5 Å². The molecular formula is C16H23NO2. The lowest BCUT2D eigenvalue weighted by atomic mass is 9.97. The van der Waals surface area contributed by atoms with E-state index in [1.807, 2.05) is 7.05 Å².